The SMILES string of the molecule is CNCCCCCOc1ncn(C)n1. The molecule has 0 spiro atoms. The van der Waals surface area contributed by atoms with E-state index in [1.807, 2.05) is 14.1 Å². The molecule has 0 amide bonds. The lowest BCUT2D eigenvalue weighted by molar-refractivity contribution is 0.281. The van der Waals surface area contributed by atoms with Crippen LogP contribution in [-0.4, -0.2) is 35.0 Å². The van der Waals surface area contributed by atoms with Gasteiger partial charge in [0.1, 0.15) is 6.33 Å². The molecule has 1 N–H and O–H groups in total. The summed E-state index contributed by atoms with van der Waals surface area (Å²) in [7, 11) is 3.79. The highest BCUT2D eigenvalue weighted by molar-refractivity contribution is 4.86. The van der Waals surface area contributed by atoms with Crippen LogP contribution in [0.15, 0.2) is 6.33 Å². The number of rotatable bonds is 7. The lowest BCUT2D eigenvalue weighted by Crippen LogP contribution is -2.08. The van der Waals surface area contributed by atoms with E-state index in [9.17, 15) is 0 Å². The van der Waals surface area contributed by atoms with Crippen molar-refractivity contribution in [1.82, 2.24) is 20.1 Å². The van der Waals surface area contributed by atoms with Gasteiger partial charge in [-0.1, -0.05) is 0 Å². The van der Waals surface area contributed by atoms with E-state index in [1.165, 1.54) is 12.8 Å². The Kier molecular flexibility index (Phi) is 4.99. The third-order valence-electron chi connectivity index (χ3n) is 1.88. The van der Waals surface area contributed by atoms with Crippen molar-refractivity contribution in [3.63, 3.8) is 0 Å². The van der Waals surface area contributed by atoms with Gasteiger partial charge in [0.2, 0.25) is 0 Å². The van der Waals surface area contributed by atoms with Gasteiger partial charge in [-0.05, 0) is 32.9 Å². The van der Waals surface area contributed by atoms with Crippen LogP contribution < -0.4 is 10.1 Å². The Morgan fingerprint density at radius 2 is 2.29 bits per heavy atom. The number of nitrogens with one attached hydrogen (secondary N) is 1. The lowest BCUT2D eigenvalue weighted by Gasteiger charge is -2.01. The van der Waals surface area contributed by atoms with Gasteiger partial charge < -0.3 is 10.1 Å². The molecule has 0 radical (unpaired) electrons. The predicted octanol–water partition coefficient (Wildman–Crippen LogP) is 0.584. The lowest BCUT2D eigenvalue weighted by atomic mass is 10.2. The van der Waals surface area contributed by atoms with Gasteiger partial charge in [-0.3, -0.25) is 4.68 Å². The number of hydrogen-bond acceptors (Lipinski definition) is 4. The zero-order valence-electron chi connectivity index (χ0n) is 8.86. The van der Waals surface area contributed by atoms with E-state index in [0.29, 0.717) is 12.6 Å². The van der Waals surface area contributed by atoms with Crippen molar-refractivity contribution in [3.8, 4) is 6.01 Å². The third kappa shape index (κ3) is 4.23. The minimum Gasteiger partial charge on any atom is -0.462 e. The van der Waals surface area contributed by atoms with Crippen molar-refractivity contribution in [2.24, 2.45) is 7.05 Å². The van der Waals surface area contributed by atoms with E-state index < -0.39 is 0 Å². The summed E-state index contributed by atoms with van der Waals surface area (Å²) >= 11 is 0. The first-order valence-electron chi connectivity index (χ1n) is 4.96. The number of aryl methyl sites for hydroxylation is 1. The van der Waals surface area contributed by atoms with Crippen molar-refractivity contribution < 1.29 is 4.74 Å². The molecule has 0 saturated carbocycles. The number of unbranched alkanes of at least 4 members (excludes halogenated alkanes) is 2. The van der Waals surface area contributed by atoms with Crippen LogP contribution in [0.5, 0.6) is 6.01 Å². The summed E-state index contributed by atoms with van der Waals surface area (Å²) in [6.45, 7) is 1.77. The normalized spacial score (nSPS) is 10.4. The summed E-state index contributed by atoms with van der Waals surface area (Å²) in [6, 6.07) is 0.473. The maximum Gasteiger partial charge on any atom is 0.335 e. The second-order valence-corrected chi connectivity index (χ2v) is 3.21. The molecule has 14 heavy (non-hydrogen) atoms. The van der Waals surface area contributed by atoms with Crippen LogP contribution in [0.25, 0.3) is 0 Å². The molecular formula is C9H18N4O. The molecule has 0 atom stereocenters. The molecule has 0 aliphatic carbocycles. The molecule has 0 aromatic carbocycles. The Morgan fingerprint density at radius 1 is 1.43 bits per heavy atom. The molecule has 5 nitrogen and oxygen atoms in total. The first kappa shape index (κ1) is 11.0. The van der Waals surface area contributed by atoms with Crippen LogP contribution in [0, 0.1) is 0 Å². The monoisotopic (exact) mass is 198 g/mol. The zero-order chi connectivity index (χ0) is 10.2. The Bertz CT molecular complexity index is 249. The quantitative estimate of drug-likeness (QED) is 0.651. The van der Waals surface area contributed by atoms with Gasteiger partial charge in [0, 0.05) is 7.05 Å². The summed E-state index contributed by atoms with van der Waals surface area (Å²) in [6.07, 6.45) is 5.06. The molecule has 1 rings (SSSR count). The van der Waals surface area contributed by atoms with Gasteiger partial charge in [0.25, 0.3) is 0 Å². The van der Waals surface area contributed by atoms with Gasteiger partial charge in [-0.25, -0.2) is 0 Å². The Labute approximate surface area is 84.5 Å². The Balaban J connectivity index is 1.99. The smallest absolute Gasteiger partial charge is 0.335 e. The molecule has 0 aliphatic rings. The molecular weight excluding hydrogens is 180 g/mol. The van der Waals surface area contributed by atoms with Crippen LogP contribution in [0.4, 0.5) is 0 Å². The minimum absolute atomic E-state index is 0.473. The first-order valence-corrected chi connectivity index (χ1v) is 4.96. The fourth-order valence-electron chi connectivity index (χ4n) is 1.13. The maximum atomic E-state index is 5.34. The van der Waals surface area contributed by atoms with Gasteiger partial charge >= 0.3 is 6.01 Å². The van der Waals surface area contributed by atoms with E-state index >= 15 is 0 Å². The molecule has 0 aliphatic heterocycles. The molecule has 5 heteroatoms. The highest BCUT2D eigenvalue weighted by Crippen LogP contribution is 2.01. The van der Waals surface area contributed by atoms with Crippen LogP contribution in [0.1, 0.15) is 19.3 Å². The third-order valence-corrected chi connectivity index (χ3v) is 1.88. The van der Waals surface area contributed by atoms with Gasteiger partial charge in [0.05, 0.1) is 6.61 Å². The van der Waals surface area contributed by atoms with Crippen molar-refractivity contribution in [3.05, 3.63) is 6.33 Å². The number of ether oxygens (including phenoxy) is 1. The van der Waals surface area contributed by atoms with Crippen LogP contribution in [-0.2, 0) is 7.05 Å². The molecule has 1 heterocycles. The topological polar surface area (TPSA) is 52.0 Å². The van der Waals surface area contributed by atoms with Crippen molar-refractivity contribution in [1.29, 1.82) is 0 Å². The van der Waals surface area contributed by atoms with Gasteiger partial charge in [0.15, 0.2) is 0 Å². The van der Waals surface area contributed by atoms with Gasteiger partial charge in [-0.2, -0.15) is 4.98 Å². The standard InChI is InChI=1S/C9H18N4O/c1-10-6-4-3-5-7-14-9-11-8-13(2)12-9/h8,10H,3-7H2,1-2H3. The van der Waals surface area contributed by atoms with Crippen LogP contribution in [0.2, 0.25) is 0 Å². The summed E-state index contributed by atoms with van der Waals surface area (Å²) < 4.78 is 6.98. The van der Waals surface area contributed by atoms with Crippen molar-refractivity contribution in [2.45, 2.75) is 19.3 Å². The molecule has 80 valence electrons. The van der Waals surface area contributed by atoms with E-state index in [-0.39, 0.29) is 0 Å². The van der Waals surface area contributed by atoms with Crippen LogP contribution >= 0.6 is 0 Å². The Morgan fingerprint density at radius 3 is 2.93 bits per heavy atom. The fourth-order valence-corrected chi connectivity index (χ4v) is 1.13. The summed E-state index contributed by atoms with van der Waals surface area (Å²) in [4.78, 5) is 3.97. The average Bonchev–Trinajstić information content (AvgIpc) is 2.58. The first-order chi connectivity index (χ1) is 6.83. The Hall–Kier alpha value is -1.10. The second kappa shape index (κ2) is 6.37. The molecule has 1 aromatic heterocycles. The minimum atomic E-state index is 0.473. The molecule has 0 fully saturated rings. The van der Waals surface area contributed by atoms with E-state index in [1.54, 1.807) is 11.0 Å². The molecule has 1 aromatic rings. The summed E-state index contributed by atoms with van der Waals surface area (Å²) in [5, 5.41) is 7.13. The number of nitrogens with zero attached hydrogens (tertiary/aromatic N) is 3. The van der Waals surface area contributed by atoms with Crippen molar-refractivity contribution >= 4 is 0 Å². The van der Waals surface area contributed by atoms with Crippen LogP contribution in [0.3, 0.4) is 0 Å². The van der Waals surface area contributed by atoms with Gasteiger partial charge in [-0.15, -0.1) is 5.10 Å². The summed E-state index contributed by atoms with van der Waals surface area (Å²) in [5.41, 5.74) is 0. The predicted molar refractivity (Wildman–Crippen MR) is 54.3 cm³/mol. The number of aromatic nitrogens is 3. The average molecular weight is 198 g/mol. The molecule has 0 saturated heterocycles. The highest BCUT2D eigenvalue weighted by atomic mass is 16.5. The maximum absolute atomic E-state index is 5.34. The van der Waals surface area contributed by atoms with E-state index in [0.717, 1.165) is 13.0 Å². The van der Waals surface area contributed by atoms with E-state index in [2.05, 4.69) is 15.4 Å². The van der Waals surface area contributed by atoms with Crippen molar-refractivity contribution in [2.75, 3.05) is 20.2 Å². The molecule has 0 unspecified atom stereocenters. The second-order valence-electron chi connectivity index (χ2n) is 3.21. The van der Waals surface area contributed by atoms with E-state index in [4.69, 9.17) is 4.74 Å². The summed E-state index contributed by atoms with van der Waals surface area (Å²) in [5.74, 6) is 0. The zero-order valence-corrected chi connectivity index (χ0v) is 8.86. The molecule has 0 bridgehead atoms. The fraction of sp³-hybridized carbons (Fsp3) is 0.778. The highest BCUT2D eigenvalue weighted by Gasteiger charge is 1.97. The largest absolute Gasteiger partial charge is 0.462 e. The number of hydrogen-bond donors (Lipinski definition) is 1.